The van der Waals surface area contributed by atoms with Crippen LogP contribution in [0.1, 0.15) is 29.5 Å². The molecular weight excluding hydrogens is 186 g/mol. The second-order valence-corrected chi connectivity index (χ2v) is 3.21. The summed E-state index contributed by atoms with van der Waals surface area (Å²) in [6, 6.07) is 4.93. The van der Waals surface area contributed by atoms with Gasteiger partial charge in [0.05, 0.1) is 0 Å². The standard InChI is InChI=1S/C11H12F2O/c1-8-4-5-9(3-2-6-14)10(7-8)11(12)13/h4-7,11H,2-3H2,1H3. The van der Waals surface area contributed by atoms with Crippen LogP contribution in [-0.2, 0) is 11.2 Å². The van der Waals surface area contributed by atoms with E-state index < -0.39 is 6.43 Å². The normalized spacial score (nSPS) is 10.6. The average molecular weight is 198 g/mol. The zero-order valence-corrected chi connectivity index (χ0v) is 7.97. The first kappa shape index (κ1) is 10.8. The van der Waals surface area contributed by atoms with Crippen LogP contribution in [0.15, 0.2) is 18.2 Å². The first-order chi connectivity index (χ1) is 6.65. The SMILES string of the molecule is Cc1ccc(CCC=O)c(C(F)F)c1. The van der Waals surface area contributed by atoms with Gasteiger partial charge in [0.15, 0.2) is 0 Å². The number of carbonyl (C=O) groups excluding carboxylic acids is 1. The van der Waals surface area contributed by atoms with Gasteiger partial charge in [-0.25, -0.2) is 8.78 Å². The van der Waals surface area contributed by atoms with Gasteiger partial charge in [0.25, 0.3) is 6.43 Å². The molecule has 0 atom stereocenters. The van der Waals surface area contributed by atoms with Crippen LogP contribution in [0.25, 0.3) is 0 Å². The molecule has 1 aromatic rings. The average Bonchev–Trinajstić information content (AvgIpc) is 2.15. The lowest BCUT2D eigenvalue weighted by Gasteiger charge is -2.08. The zero-order valence-electron chi connectivity index (χ0n) is 7.97. The molecule has 0 bridgehead atoms. The van der Waals surface area contributed by atoms with E-state index in [2.05, 4.69) is 0 Å². The molecule has 76 valence electrons. The summed E-state index contributed by atoms with van der Waals surface area (Å²) in [5.41, 5.74) is 1.43. The van der Waals surface area contributed by atoms with Gasteiger partial charge in [-0.3, -0.25) is 0 Å². The molecule has 0 N–H and O–H groups in total. The van der Waals surface area contributed by atoms with Gasteiger partial charge in [-0.05, 0) is 18.9 Å². The molecule has 0 aliphatic rings. The highest BCUT2D eigenvalue weighted by atomic mass is 19.3. The molecule has 0 heterocycles. The van der Waals surface area contributed by atoms with Crippen molar-refractivity contribution in [2.45, 2.75) is 26.2 Å². The summed E-state index contributed by atoms with van der Waals surface area (Å²) in [5.74, 6) is 0. The summed E-state index contributed by atoms with van der Waals surface area (Å²) in [7, 11) is 0. The maximum atomic E-state index is 12.5. The summed E-state index contributed by atoms with van der Waals surface area (Å²) < 4.78 is 25.1. The molecule has 0 spiro atoms. The first-order valence-corrected chi connectivity index (χ1v) is 4.46. The minimum atomic E-state index is -2.46. The Morgan fingerprint density at radius 2 is 2.14 bits per heavy atom. The van der Waals surface area contributed by atoms with Crippen LogP contribution in [-0.4, -0.2) is 6.29 Å². The quantitative estimate of drug-likeness (QED) is 0.679. The lowest BCUT2D eigenvalue weighted by atomic mass is 10.0. The van der Waals surface area contributed by atoms with Gasteiger partial charge in [0.2, 0.25) is 0 Å². The predicted octanol–water partition coefficient (Wildman–Crippen LogP) is 3.06. The van der Waals surface area contributed by atoms with E-state index in [1.54, 1.807) is 19.1 Å². The van der Waals surface area contributed by atoms with Crippen molar-refractivity contribution in [3.63, 3.8) is 0 Å². The third kappa shape index (κ3) is 2.62. The molecule has 0 fully saturated rings. The Kier molecular flexibility index (Phi) is 3.74. The number of hydrogen-bond donors (Lipinski definition) is 0. The molecule has 0 radical (unpaired) electrons. The Labute approximate surface area is 81.7 Å². The van der Waals surface area contributed by atoms with Crippen LogP contribution in [0.4, 0.5) is 8.78 Å². The fourth-order valence-electron chi connectivity index (χ4n) is 1.36. The number of carbonyl (C=O) groups is 1. The lowest BCUT2D eigenvalue weighted by molar-refractivity contribution is -0.107. The van der Waals surface area contributed by atoms with Crippen LogP contribution in [0.3, 0.4) is 0 Å². The fourth-order valence-corrected chi connectivity index (χ4v) is 1.36. The minimum Gasteiger partial charge on any atom is -0.303 e. The van der Waals surface area contributed by atoms with E-state index in [0.717, 1.165) is 11.8 Å². The molecule has 1 nitrogen and oxygen atoms in total. The number of aldehydes is 1. The van der Waals surface area contributed by atoms with E-state index in [9.17, 15) is 13.6 Å². The second-order valence-electron chi connectivity index (χ2n) is 3.21. The molecule has 0 amide bonds. The highest BCUT2D eigenvalue weighted by Gasteiger charge is 2.12. The number of hydrogen-bond acceptors (Lipinski definition) is 1. The van der Waals surface area contributed by atoms with Gasteiger partial charge in [-0.1, -0.05) is 23.8 Å². The van der Waals surface area contributed by atoms with Gasteiger partial charge in [0, 0.05) is 12.0 Å². The van der Waals surface area contributed by atoms with Gasteiger partial charge >= 0.3 is 0 Å². The predicted molar refractivity (Wildman–Crippen MR) is 50.5 cm³/mol. The maximum absolute atomic E-state index is 12.5. The molecule has 0 aliphatic heterocycles. The number of benzene rings is 1. The highest BCUT2D eigenvalue weighted by Crippen LogP contribution is 2.24. The lowest BCUT2D eigenvalue weighted by Crippen LogP contribution is -1.96. The summed E-state index contributed by atoms with van der Waals surface area (Å²) in [5, 5.41) is 0. The van der Waals surface area contributed by atoms with Crippen molar-refractivity contribution in [3.05, 3.63) is 34.9 Å². The molecule has 0 aromatic heterocycles. The Morgan fingerprint density at radius 3 is 2.71 bits per heavy atom. The van der Waals surface area contributed by atoms with Crippen molar-refractivity contribution in [3.8, 4) is 0 Å². The number of rotatable bonds is 4. The van der Waals surface area contributed by atoms with E-state index in [0.29, 0.717) is 18.4 Å². The third-order valence-electron chi connectivity index (χ3n) is 2.07. The Hall–Kier alpha value is -1.25. The molecule has 0 unspecified atom stereocenters. The van der Waals surface area contributed by atoms with Crippen molar-refractivity contribution >= 4 is 6.29 Å². The van der Waals surface area contributed by atoms with Crippen molar-refractivity contribution in [1.29, 1.82) is 0 Å². The van der Waals surface area contributed by atoms with Crippen LogP contribution < -0.4 is 0 Å². The van der Waals surface area contributed by atoms with Crippen molar-refractivity contribution in [2.24, 2.45) is 0 Å². The molecule has 1 rings (SSSR count). The van der Waals surface area contributed by atoms with E-state index in [4.69, 9.17) is 0 Å². The van der Waals surface area contributed by atoms with Gasteiger partial charge in [0.1, 0.15) is 6.29 Å². The van der Waals surface area contributed by atoms with Crippen molar-refractivity contribution < 1.29 is 13.6 Å². The minimum absolute atomic E-state index is 0.0480. The topological polar surface area (TPSA) is 17.1 Å². The van der Waals surface area contributed by atoms with Crippen molar-refractivity contribution in [2.75, 3.05) is 0 Å². The summed E-state index contributed by atoms with van der Waals surface area (Å²) in [6.45, 7) is 1.77. The highest BCUT2D eigenvalue weighted by molar-refractivity contribution is 5.50. The Morgan fingerprint density at radius 1 is 1.43 bits per heavy atom. The number of halogens is 2. The monoisotopic (exact) mass is 198 g/mol. The summed E-state index contributed by atoms with van der Waals surface area (Å²) in [6.07, 6.45) is -1.03. The van der Waals surface area contributed by atoms with Gasteiger partial charge < -0.3 is 4.79 Å². The molecule has 0 aliphatic carbocycles. The van der Waals surface area contributed by atoms with E-state index in [-0.39, 0.29) is 5.56 Å². The van der Waals surface area contributed by atoms with Crippen LogP contribution in [0.5, 0.6) is 0 Å². The van der Waals surface area contributed by atoms with Crippen molar-refractivity contribution in [1.82, 2.24) is 0 Å². The van der Waals surface area contributed by atoms with E-state index >= 15 is 0 Å². The molecule has 1 aromatic carbocycles. The van der Waals surface area contributed by atoms with E-state index in [1.807, 2.05) is 0 Å². The largest absolute Gasteiger partial charge is 0.303 e. The third-order valence-corrected chi connectivity index (χ3v) is 2.07. The molecular formula is C11H12F2O. The van der Waals surface area contributed by atoms with Crippen LogP contribution >= 0.6 is 0 Å². The van der Waals surface area contributed by atoms with Gasteiger partial charge in [-0.2, -0.15) is 0 Å². The molecule has 0 saturated heterocycles. The first-order valence-electron chi connectivity index (χ1n) is 4.46. The summed E-state index contributed by atoms with van der Waals surface area (Å²) >= 11 is 0. The molecule has 3 heteroatoms. The second kappa shape index (κ2) is 4.84. The number of aryl methyl sites for hydroxylation is 2. The smallest absolute Gasteiger partial charge is 0.264 e. The van der Waals surface area contributed by atoms with Gasteiger partial charge in [-0.15, -0.1) is 0 Å². The van der Waals surface area contributed by atoms with Crippen LogP contribution in [0, 0.1) is 6.92 Å². The Balaban J connectivity index is 2.95. The fraction of sp³-hybridized carbons (Fsp3) is 0.364. The number of alkyl halides is 2. The van der Waals surface area contributed by atoms with Crippen LogP contribution in [0.2, 0.25) is 0 Å². The maximum Gasteiger partial charge on any atom is 0.264 e. The molecule has 14 heavy (non-hydrogen) atoms. The summed E-state index contributed by atoms with van der Waals surface area (Å²) in [4.78, 5) is 10.1. The Bertz CT molecular complexity index is 321. The zero-order chi connectivity index (χ0) is 10.6. The van der Waals surface area contributed by atoms with E-state index in [1.165, 1.54) is 6.07 Å². The molecule has 0 saturated carbocycles.